The van der Waals surface area contributed by atoms with Crippen molar-refractivity contribution >= 4 is 6.08 Å². The van der Waals surface area contributed by atoms with Crippen molar-refractivity contribution in [2.45, 2.75) is 12.8 Å². The summed E-state index contributed by atoms with van der Waals surface area (Å²) in [5.74, 6) is 0. The summed E-state index contributed by atoms with van der Waals surface area (Å²) in [5.41, 5.74) is 2.82. The number of benzene rings is 1. The first-order valence-electron chi connectivity index (χ1n) is 4.38. The minimum Gasteiger partial charge on any atom is -0.0842 e. The quantitative estimate of drug-likeness (QED) is 0.541. The van der Waals surface area contributed by atoms with E-state index in [2.05, 4.69) is 48.6 Å². The Hall–Kier alpha value is -1.30. The summed E-state index contributed by atoms with van der Waals surface area (Å²) >= 11 is 0. The molecule has 0 fully saturated rings. The standard InChI is InChI=1S/C12H12/c1-2-4-8-12-10-6-5-9-11(12)7-3-1/h1-3,5-7,9-10H,4,8H2. The fourth-order valence-corrected chi connectivity index (χ4v) is 1.50. The predicted octanol–water partition coefficient (Wildman–Crippen LogP) is 3.20. The summed E-state index contributed by atoms with van der Waals surface area (Å²) in [6.07, 6.45) is 10.9. The smallest absolute Gasteiger partial charge is 0.0224 e. The third-order valence-electron chi connectivity index (χ3n) is 2.16. The monoisotopic (exact) mass is 156 g/mol. The van der Waals surface area contributed by atoms with Gasteiger partial charge < -0.3 is 0 Å². The van der Waals surface area contributed by atoms with Gasteiger partial charge in [0.1, 0.15) is 0 Å². The van der Waals surface area contributed by atoms with E-state index in [9.17, 15) is 0 Å². The van der Waals surface area contributed by atoms with Crippen LogP contribution in [0.25, 0.3) is 6.08 Å². The van der Waals surface area contributed by atoms with Gasteiger partial charge in [-0.3, -0.25) is 0 Å². The molecule has 0 atom stereocenters. The lowest BCUT2D eigenvalue weighted by Gasteiger charge is -2.05. The zero-order valence-corrected chi connectivity index (χ0v) is 7.03. The summed E-state index contributed by atoms with van der Waals surface area (Å²) in [6, 6.07) is 8.58. The Kier molecular flexibility index (Phi) is 2.08. The predicted molar refractivity (Wildman–Crippen MR) is 52.9 cm³/mol. The normalized spacial score (nSPS) is 15.0. The van der Waals surface area contributed by atoms with Crippen LogP contribution in [-0.4, -0.2) is 0 Å². The van der Waals surface area contributed by atoms with Crippen molar-refractivity contribution in [3.8, 4) is 0 Å². The molecule has 1 aromatic rings. The molecule has 1 aliphatic carbocycles. The van der Waals surface area contributed by atoms with Crippen molar-refractivity contribution in [3.05, 3.63) is 53.6 Å². The highest BCUT2D eigenvalue weighted by molar-refractivity contribution is 5.55. The third kappa shape index (κ3) is 1.48. The highest BCUT2D eigenvalue weighted by atomic mass is 14.0. The van der Waals surface area contributed by atoms with Crippen LogP contribution in [0, 0.1) is 0 Å². The van der Waals surface area contributed by atoms with Gasteiger partial charge in [0.25, 0.3) is 0 Å². The van der Waals surface area contributed by atoms with E-state index in [-0.39, 0.29) is 0 Å². The minimum atomic E-state index is 1.15. The van der Waals surface area contributed by atoms with Gasteiger partial charge in [0, 0.05) is 0 Å². The molecule has 0 saturated heterocycles. The molecule has 0 radical (unpaired) electrons. The SMILES string of the molecule is C1=CCCc2ccccc2C=C1. The average molecular weight is 156 g/mol. The largest absolute Gasteiger partial charge is 0.0842 e. The van der Waals surface area contributed by atoms with E-state index in [0.717, 1.165) is 12.8 Å². The number of hydrogen-bond donors (Lipinski definition) is 0. The van der Waals surface area contributed by atoms with Crippen molar-refractivity contribution in [1.82, 2.24) is 0 Å². The van der Waals surface area contributed by atoms with Gasteiger partial charge in [-0.1, -0.05) is 48.6 Å². The zero-order chi connectivity index (χ0) is 8.23. The molecule has 0 spiro atoms. The van der Waals surface area contributed by atoms with Crippen LogP contribution in [0.5, 0.6) is 0 Å². The lowest BCUT2D eigenvalue weighted by molar-refractivity contribution is 0.996. The van der Waals surface area contributed by atoms with E-state index in [1.807, 2.05) is 0 Å². The fraction of sp³-hybridized carbons (Fsp3) is 0.167. The van der Waals surface area contributed by atoms with Crippen molar-refractivity contribution in [2.75, 3.05) is 0 Å². The van der Waals surface area contributed by atoms with Crippen LogP contribution in [0.3, 0.4) is 0 Å². The van der Waals surface area contributed by atoms with Crippen LogP contribution in [0.1, 0.15) is 17.5 Å². The molecule has 1 aliphatic rings. The summed E-state index contributed by atoms with van der Waals surface area (Å²) in [7, 11) is 0. The molecular weight excluding hydrogens is 144 g/mol. The molecule has 2 rings (SSSR count). The van der Waals surface area contributed by atoms with Crippen molar-refractivity contribution in [2.24, 2.45) is 0 Å². The Morgan fingerprint density at radius 1 is 1.00 bits per heavy atom. The van der Waals surface area contributed by atoms with E-state index in [0.29, 0.717) is 0 Å². The molecule has 0 aliphatic heterocycles. The first-order chi connectivity index (χ1) is 5.97. The van der Waals surface area contributed by atoms with E-state index in [4.69, 9.17) is 0 Å². The first kappa shape index (κ1) is 7.35. The maximum absolute atomic E-state index is 2.21. The average Bonchev–Trinajstić information content (AvgIpc) is 2.06. The van der Waals surface area contributed by atoms with Crippen LogP contribution < -0.4 is 0 Å². The fourth-order valence-electron chi connectivity index (χ4n) is 1.50. The van der Waals surface area contributed by atoms with E-state index < -0.39 is 0 Å². The van der Waals surface area contributed by atoms with Gasteiger partial charge in [0.05, 0.1) is 0 Å². The molecule has 0 aromatic heterocycles. The maximum Gasteiger partial charge on any atom is -0.0224 e. The van der Waals surface area contributed by atoms with Crippen LogP contribution in [0.2, 0.25) is 0 Å². The van der Waals surface area contributed by atoms with Gasteiger partial charge in [-0.05, 0) is 24.0 Å². The highest BCUT2D eigenvalue weighted by Gasteiger charge is 1.97. The molecule has 0 bridgehead atoms. The summed E-state index contributed by atoms with van der Waals surface area (Å²) in [4.78, 5) is 0. The number of allylic oxidation sites excluding steroid dienone is 3. The summed E-state index contributed by atoms with van der Waals surface area (Å²) in [6.45, 7) is 0. The minimum absolute atomic E-state index is 1.15. The molecule has 0 saturated carbocycles. The number of hydrogen-bond acceptors (Lipinski definition) is 0. The van der Waals surface area contributed by atoms with E-state index in [1.165, 1.54) is 11.1 Å². The first-order valence-corrected chi connectivity index (χ1v) is 4.38. The summed E-state index contributed by atoms with van der Waals surface area (Å²) in [5, 5.41) is 0. The Balaban J connectivity index is 2.43. The Morgan fingerprint density at radius 3 is 2.92 bits per heavy atom. The Bertz CT molecular complexity index is 319. The third-order valence-corrected chi connectivity index (χ3v) is 2.16. The van der Waals surface area contributed by atoms with Crippen molar-refractivity contribution in [1.29, 1.82) is 0 Å². The van der Waals surface area contributed by atoms with Gasteiger partial charge in [-0.25, -0.2) is 0 Å². The molecular formula is C12H12. The Labute approximate surface area is 73.2 Å². The second-order valence-corrected chi connectivity index (χ2v) is 3.02. The lowest BCUT2D eigenvalue weighted by atomic mass is 10.0. The zero-order valence-electron chi connectivity index (χ0n) is 7.03. The van der Waals surface area contributed by atoms with Gasteiger partial charge in [0.2, 0.25) is 0 Å². The van der Waals surface area contributed by atoms with Gasteiger partial charge in [-0.15, -0.1) is 0 Å². The number of fused-ring (bicyclic) bond motifs is 1. The van der Waals surface area contributed by atoms with Crippen LogP contribution >= 0.6 is 0 Å². The maximum atomic E-state index is 2.21. The van der Waals surface area contributed by atoms with Crippen LogP contribution in [-0.2, 0) is 6.42 Å². The molecule has 0 unspecified atom stereocenters. The summed E-state index contributed by atoms with van der Waals surface area (Å²) < 4.78 is 0. The number of rotatable bonds is 0. The molecule has 12 heavy (non-hydrogen) atoms. The van der Waals surface area contributed by atoms with Crippen LogP contribution in [0.4, 0.5) is 0 Å². The van der Waals surface area contributed by atoms with E-state index in [1.54, 1.807) is 0 Å². The molecule has 0 nitrogen and oxygen atoms in total. The Morgan fingerprint density at radius 2 is 1.92 bits per heavy atom. The van der Waals surface area contributed by atoms with Crippen molar-refractivity contribution < 1.29 is 0 Å². The topological polar surface area (TPSA) is 0 Å². The molecule has 0 heteroatoms. The van der Waals surface area contributed by atoms with E-state index >= 15 is 0 Å². The van der Waals surface area contributed by atoms with Crippen molar-refractivity contribution in [3.63, 3.8) is 0 Å². The molecule has 0 heterocycles. The molecule has 1 aromatic carbocycles. The second kappa shape index (κ2) is 3.40. The number of aryl methyl sites for hydroxylation is 1. The van der Waals surface area contributed by atoms with Gasteiger partial charge >= 0.3 is 0 Å². The van der Waals surface area contributed by atoms with Gasteiger partial charge in [0.15, 0.2) is 0 Å². The molecule has 60 valence electrons. The van der Waals surface area contributed by atoms with Gasteiger partial charge in [-0.2, -0.15) is 0 Å². The molecule has 0 N–H and O–H groups in total. The second-order valence-electron chi connectivity index (χ2n) is 3.02. The highest BCUT2D eigenvalue weighted by Crippen LogP contribution is 2.14. The van der Waals surface area contributed by atoms with Crippen LogP contribution in [0.15, 0.2) is 42.5 Å². The lowest BCUT2D eigenvalue weighted by Crippen LogP contribution is -1.88. The molecule has 0 amide bonds.